The van der Waals surface area contributed by atoms with Gasteiger partial charge in [-0.05, 0) is 19.1 Å². The molecule has 1 aromatic rings. The Labute approximate surface area is 128 Å². The highest BCUT2D eigenvalue weighted by molar-refractivity contribution is 5.94. The molecule has 0 unspecified atom stereocenters. The Morgan fingerprint density at radius 1 is 1.41 bits per heavy atom. The third-order valence-corrected chi connectivity index (χ3v) is 3.98. The van der Waals surface area contributed by atoms with Gasteiger partial charge in [-0.2, -0.15) is 0 Å². The van der Waals surface area contributed by atoms with Crippen molar-refractivity contribution in [1.29, 1.82) is 0 Å². The van der Waals surface area contributed by atoms with Gasteiger partial charge in [0.05, 0.1) is 6.10 Å². The number of H-pyrrole nitrogens is 1. The first-order valence-electron chi connectivity index (χ1n) is 7.18. The number of aromatic amines is 1. The molecule has 0 spiro atoms. The number of aromatic nitrogens is 1. The van der Waals surface area contributed by atoms with Crippen LogP contribution in [0.3, 0.4) is 0 Å². The molecule has 1 aliphatic rings. The first-order valence-corrected chi connectivity index (χ1v) is 7.18. The highest BCUT2D eigenvalue weighted by Gasteiger charge is 2.37. The van der Waals surface area contributed by atoms with E-state index in [9.17, 15) is 14.4 Å². The summed E-state index contributed by atoms with van der Waals surface area (Å²) in [6.45, 7) is 2.54. The van der Waals surface area contributed by atoms with Crippen LogP contribution in [0.15, 0.2) is 16.9 Å². The number of hydrogen-bond donors (Lipinski definition) is 2. The molecule has 0 saturated carbocycles. The minimum atomic E-state index is -0.395. The standard InChI is InChI=1S/C15H21N3O4/c1-9-4-5-11(14(20)17-9)15(21)18-7-10(6-13(19)16-2)12(8-18)22-3/h4-5,10,12H,6-8H2,1-3H3,(H,16,19)(H,17,20)/t10-,12-/m0/s1. The van der Waals surface area contributed by atoms with Gasteiger partial charge in [0.2, 0.25) is 5.91 Å². The molecule has 7 nitrogen and oxygen atoms in total. The van der Waals surface area contributed by atoms with Gasteiger partial charge in [-0.15, -0.1) is 0 Å². The van der Waals surface area contributed by atoms with Crippen molar-refractivity contribution in [1.82, 2.24) is 15.2 Å². The van der Waals surface area contributed by atoms with Gasteiger partial charge in [-0.3, -0.25) is 14.4 Å². The number of nitrogens with zero attached hydrogens (tertiary/aromatic N) is 1. The van der Waals surface area contributed by atoms with Crippen LogP contribution >= 0.6 is 0 Å². The van der Waals surface area contributed by atoms with Gasteiger partial charge in [0, 0.05) is 45.3 Å². The van der Waals surface area contributed by atoms with E-state index in [1.54, 1.807) is 32.0 Å². The number of hydrogen-bond acceptors (Lipinski definition) is 4. The van der Waals surface area contributed by atoms with Crippen molar-refractivity contribution >= 4 is 11.8 Å². The third kappa shape index (κ3) is 3.36. The lowest BCUT2D eigenvalue weighted by Gasteiger charge is -2.15. The molecule has 0 aliphatic carbocycles. The molecule has 2 atom stereocenters. The van der Waals surface area contributed by atoms with E-state index >= 15 is 0 Å². The van der Waals surface area contributed by atoms with Gasteiger partial charge in [0.1, 0.15) is 5.56 Å². The monoisotopic (exact) mass is 307 g/mol. The number of aryl methyl sites for hydroxylation is 1. The topological polar surface area (TPSA) is 91.5 Å². The summed E-state index contributed by atoms with van der Waals surface area (Å²) in [6.07, 6.45) is 0.0917. The molecule has 2 amide bonds. The molecule has 2 heterocycles. The summed E-state index contributed by atoms with van der Waals surface area (Å²) in [4.78, 5) is 40.1. The Bertz CT molecular complexity index is 625. The molecular weight excluding hydrogens is 286 g/mol. The zero-order valence-corrected chi connectivity index (χ0v) is 13.0. The van der Waals surface area contributed by atoms with Crippen LogP contribution in [0.1, 0.15) is 22.5 Å². The second-order valence-corrected chi connectivity index (χ2v) is 5.51. The average molecular weight is 307 g/mol. The van der Waals surface area contributed by atoms with Gasteiger partial charge < -0.3 is 19.9 Å². The van der Waals surface area contributed by atoms with Crippen LogP contribution in [0.5, 0.6) is 0 Å². The van der Waals surface area contributed by atoms with Gasteiger partial charge in [0.15, 0.2) is 0 Å². The highest BCUT2D eigenvalue weighted by Crippen LogP contribution is 2.23. The summed E-state index contributed by atoms with van der Waals surface area (Å²) in [5, 5.41) is 2.57. The SMILES string of the molecule is CNC(=O)C[C@H]1CN(C(=O)c2ccc(C)[nH]c2=O)C[C@@H]1OC. The molecule has 1 saturated heterocycles. The largest absolute Gasteiger partial charge is 0.379 e. The van der Waals surface area contributed by atoms with E-state index in [1.165, 1.54) is 6.07 Å². The molecule has 2 rings (SSSR count). The summed E-state index contributed by atoms with van der Waals surface area (Å²) in [7, 11) is 3.14. The minimum Gasteiger partial charge on any atom is -0.379 e. The molecule has 1 aromatic heterocycles. The van der Waals surface area contributed by atoms with Crippen molar-refractivity contribution in [3.8, 4) is 0 Å². The Morgan fingerprint density at radius 3 is 2.73 bits per heavy atom. The van der Waals surface area contributed by atoms with Gasteiger partial charge in [-0.25, -0.2) is 0 Å². The van der Waals surface area contributed by atoms with Crippen molar-refractivity contribution in [2.75, 3.05) is 27.2 Å². The van der Waals surface area contributed by atoms with E-state index in [-0.39, 0.29) is 29.4 Å². The molecular formula is C15H21N3O4. The number of carbonyl (C=O) groups excluding carboxylic acids is 2. The molecule has 22 heavy (non-hydrogen) atoms. The van der Waals surface area contributed by atoms with Crippen molar-refractivity contribution in [3.05, 3.63) is 33.7 Å². The lowest BCUT2D eigenvalue weighted by atomic mass is 10.0. The second-order valence-electron chi connectivity index (χ2n) is 5.51. The molecule has 1 aliphatic heterocycles. The number of carbonyl (C=O) groups is 2. The van der Waals surface area contributed by atoms with Crippen LogP contribution in [0.2, 0.25) is 0 Å². The first-order chi connectivity index (χ1) is 10.5. The van der Waals surface area contributed by atoms with Crippen molar-refractivity contribution in [3.63, 3.8) is 0 Å². The number of methoxy groups -OCH3 is 1. The lowest BCUT2D eigenvalue weighted by molar-refractivity contribution is -0.122. The van der Waals surface area contributed by atoms with E-state index in [1.807, 2.05) is 0 Å². The van der Waals surface area contributed by atoms with Crippen LogP contribution in [-0.2, 0) is 9.53 Å². The van der Waals surface area contributed by atoms with E-state index in [0.29, 0.717) is 25.2 Å². The van der Waals surface area contributed by atoms with E-state index in [2.05, 4.69) is 10.3 Å². The summed E-state index contributed by atoms with van der Waals surface area (Å²) in [5.41, 5.74) is 0.421. The van der Waals surface area contributed by atoms with Crippen molar-refractivity contribution in [2.45, 2.75) is 19.4 Å². The second kappa shape index (κ2) is 6.74. The van der Waals surface area contributed by atoms with Crippen molar-refractivity contribution in [2.24, 2.45) is 5.92 Å². The predicted octanol–water partition coefficient (Wildman–Crippen LogP) is -0.0936. The lowest BCUT2D eigenvalue weighted by Crippen LogP contribution is -2.34. The number of ether oxygens (including phenoxy) is 1. The van der Waals surface area contributed by atoms with Gasteiger partial charge in [-0.1, -0.05) is 0 Å². The first kappa shape index (κ1) is 16.2. The van der Waals surface area contributed by atoms with Crippen LogP contribution in [-0.4, -0.2) is 55.0 Å². The fourth-order valence-corrected chi connectivity index (χ4v) is 2.72. The Balaban J connectivity index is 2.14. The maximum atomic E-state index is 12.5. The number of rotatable bonds is 4. The van der Waals surface area contributed by atoms with Crippen LogP contribution < -0.4 is 10.9 Å². The Hall–Kier alpha value is -2.15. The minimum absolute atomic E-state index is 0.0709. The van der Waals surface area contributed by atoms with Crippen LogP contribution in [0.25, 0.3) is 0 Å². The number of amides is 2. The number of likely N-dealkylation sites (tertiary alicyclic amines) is 1. The highest BCUT2D eigenvalue weighted by atomic mass is 16.5. The maximum absolute atomic E-state index is 12.5. The number of pyridine rings is 1. The fraction of sp³-hybridized carbons (Fsp3) is 0.533. The van der Waals surface area contributed by atoms with Crippen LogP contribution in [0.4, 0.5) is 0 Å². The maximum Gasteiger partial charge on any atom is 0.260 e. The zero-order chi connectivity index (χ0) is 16.3. The molecule has 0 aromatic carbocycles. The van der Waals surface area contributed by atoms with Crippen LogP contribution in [0, 0.1) is 12.8 Å². The average Bonchev–Trinajstić information content (AvgIpc) is 2.89. The molecule has 7 heteroatoms. The smallest absolute Gasteiger partial charge is 0.260 e. The Kier molecular flexibility index (Phi) is 4.97. The quantitative estimate of drug-likeness (QED) is 0.813. The molecule has 2 N–H and O–H groups in total. The van der Waals surface area contributed by atoms with Gasteiger partial charge in [0.25, 0.3) is 11.5 Å². The third-order valence-electron chi connectivity index (χ3n) is 3.98. The summed E-state index contributed by atoms with van der Waals surface area (Å²) < 4.78 is 5.37. The molecule has 120 valence electrons. The Morgan fingerprint density at radius 2 is 2.14 bits per heavy atom. The summed E-state index contributed by atoms with van der Waals surface area (Å²) >= 11 is 0. The summed E-state index contributed by atoms with van der Waals surface area (Å²) in [6, 6.07) is 3.23. The molecule has 0 bridgehead atoms. The molecule has 0 radical (unpaired) electrons. The van der Waals surface area contributed by atoms with Crippen molar-refractivity contribution < 1.29 is 14.3 Å². The van der Waals surface area contributed by atoms with Gasteiger partial charge >= 0.3 is 0 Å². The summed E-state index contributed by atoms with van der Waals surface area (Å²) in [5.74, 6) is -0.490. The fourth-order valence-electron chi connectivity index (χ4n) is 2.72. The normalized spacial score (nSPS) is 21.0. The molecule has 1 fully saturated rings. The zero-order valence-electron chi connectivity index (χ0n) is 13.0. The van der Waals surface area contributed by atoms with E-state index < -0.39 is 5.56 Å². The van der Waals surface area contributed by atoms with E-state index in [4.69, 9.17) is 4.74 Å². The van der Waals surface area contributed by atoms with E-state index in [0.717, 1.165) is 0 Å². The number of nitrogens with one attached hydrogen (secondary N) is 2. The predicted molar refractivity (Wildman–Crippen MR) is 80.7 cm³/mol.